The van der Waals surface area contributed by atoms with Crippen LogP contribution in [0.4, 0.5) is 4.39 Å². The van der Waals surface area contributed by atoms with Gasteiger partial charge >= 0.3 is 0 Å². The van der Waals surface area contributed by atoms with Crippen molar-refractivity contribution < 1.29 is 9.13 Å². The molecule has 3 rings (SSSR count). The Kier molecular flexibility index (Phi) is 4.50. The van der Waals surface area contributed by atoms with E-state index < -0.39 is 7.92 Å². The predicted octanol–water partition coefficient (Wildman–Crippen LogP) is 3.59. The van der Waals surface area contributed by atoms with E-state index in [1.54, 1.807) is 7.11 Å². The Bertz CT molecular complexity index is 704. The number of benzene rings is 3. The van der Waals surface area contributed by atoms with E-state index in [1.807, 2.05) is 42.5 Å². The summed E-state index contributed by atoms with van der Waals surface area (Å²) in [7, 11) is 0.808. The summed E-state index contributed by atoms with van der Waals surface area (Å²) in [5.41, 5.74) is 0. The van der Waals surface area contributed by atoms with Crippen molar-refractivity contribution in [1.29, 1.82) is 0 Å². The van der Waals surface area contributed by atoms with Gasteiger partial charge in [0.2, 0.25) is 0 Å². The summed E-state index contributed by atoms with van der Waals surface area (Å²) >= 11 is 0. The van der Waals surface area contributed by atoms with Gasteiger partial charge in [0, 0.05) is 11.4 Å². The summed E-state index contributed by atoms with van der Waals surface area (Å²) in [4.78, 5) is 0. The van der Waals surface area contributed by atoms with Crippen LogP contribution < -0.4 is 20.7 Å². The van der Waals surface area contributed by atoms with Crippen molar-refractivity contribution in [2.24, 2.45) is 0 Å². The van der Waals surface area contributed by atoms with Gasteiger partial charge in [-0.2, -0.15) is 0 Å². The quantitative estimate of drug-likeness (QED) is 0.669. The van der Waals surface area contributed by atoms with E-state index in [0.717, 1.165) is 5.30 Å². The predicted molar refractivity (Wildman–Crippen MR) is 91.7 cm³/mol. The van der Waals surface area contributed by atoms with E-state index in [4.69, 9.17) is 4.74 Å². The summed E-state index contributed by atoms with van der Waals surface area (Å²) in [5.74, 6) is 0.315. The first-order chi connectivity index (χ1) is 10.8. The number of ether oxygens (including phenoxy) is 1. The van der Waals surface area contributed by atoms with E-state index in [0.29, 0.717) is 5.75 Å². The minimum Gasteiger partial charge on any atom is -0.496 e. The summed E-state index contributed by atoms with van der Waals surface area (Å²) in [6, 6.07) is 25.4. The maximum absolute atomic E-state index is 13.5. The highest BCUT2D eigenvalue weighted by Gasteiger charge is 2.20. The molecular formula is C19H16FOP. The van der Waals surface area contributed by atoms with Crippen molar-refractivity contribution in [1.82, 2.24) is 0 Å². The molecule has 110 valence electrons. The fourth-order valence-electron chi connectivity index (χ4n) is 2.42. The van der Waals surface area contributed by atoms with Gasteiger partial charge in [0.15, 0.2) is 0 Å². The topological polar surface area (TPSA) is 9.23 Å². The molecule has 3 aromatic carbocycles. The minimum atomic E-state index is -0.777. The van der Waals surface area contributed by atoms with Crippen LogP contribution >= 0.6 is 7.92 Å². The molecule has 0 aliphatic rings. The number of rotatable bonds is 4. The maximum atomic E-state index is 13.5. The van der Waals surface area contributed by atoms with Crippen LogP contribution in [0.2, 0.25) is 0 Å². The monoisotopic (exact) mass is 310 g/mol. The van der Waals surface area contributed by atoms with Crippen LogP contribution in [0.15, 0.2) is 78.9 Å². The first-order valence-electron chi connectivity index (χ1n) is 7.03. The molecule has 0 bridgehead atoms. The highest BCUT2D eigenvalue weighted by atomic mass is 31.1. The molecule has 0 aliphatic carbocycles. The van der Waals surface area contributed by atoms with Crippen molar-refractivity contribution in [2.45, 2.75) is 0 Å². The minimum absolute atomic E-state index is 0.281. The number of methoxy groups -OCH3 is 1. The van der Waals surface area contributed by atoms with E-state index in [9.17, 15) is 4.39 Å². The highest BCUT2D eigenvalue weighted by molar-refractivity contribution is 7.80. The van der Waals surface area contributed by atoms with Crippen molar-refractivity contribution in [2.75, 3.05) is 7.11 Å². The Morgan fingerprint density at radius 2 is 1.32 bits per heavy atom. The molecule has 0 N–H and O–H groups in total. The molecule has 0 heterocycles. The van der Waals surface area contributed by atoms with Gasteiger partial charge in [-0.15, -0.1) is 0 Å². The zero-order valence-corrected chi connectivity index (χ0v) is 13.1. The Morgan fingerprint density at radius 1 is 0.773 bits per heavy atom. The van der Waals surface area contributed by atoms with Gasteiger partial charge in [-0.1, -0.05) is 60.7 Å². The zero-order valence-electron chi connectivity index (χ0n) is 12.2. The third kappa shape index (κ3) is 3.03. The van der Waals surface area contributed by atoms with Crippen LogP contribution in [0.25, 0.3) is 0 Å². The molecule has 0 aromatic heterocycles. The average molecular weight is 310 g/mol. The summed E-state index contributed by atoms with van der Waals surface area (Å²) in [6.45, 7) is 0. The fourth-order valence-corrected chi connectivity index (χ4v) is 4.81. The number of halogens is 1. The molecule has 0 unspecified atom stereocenters. The van der Waals surface area contributed by atoms with E-state index in [-0.39, 0.29) is 5.82 Å². The molecule has 3 aromatic rings. The van der Waals surface area contributed by atoms with Crippen LogP contribution in [-0.4, -0.2) is 7.11 Å². The smallest absolute Gasteiger partial charge is 0.130 e. The van der Waals surface area contributed by atoms with Gasteiger partial charge in [-0.05, 0) is 30.7 Å². The second kappa shape index (κ2) is 6.72. The van der Waals surface area contributed by atoms with Gasteiger partial charge in [0.25, 0.3) is 0 Å². The zero-order chi connectivity index (χ0) is 15.4. The molecule has 0 atom stereocenters. The van der Waals surface area contributed by atoms with Gasteiger partial charge in [-0.25, -0.2) is 4.39 Å². The lowest BCUT2D eigenvalue weighted by Crippen LogP contribution is -2.22. The van der Waals surface area contributed by atoms with Gasteiger partial charge in [-0.3, -0.25) is 0 Å². The van der Waals surface area contributed by atoms with E-state index in [2.05, 4.69) is 24.3 Å². The number of hydrogen-bond acceptors (Lipinski definition) is 1. The Balaban J connectivity index is 2.19. The standard InChI is InChI=1S/C19H16FOP/c1-21-18-14-15(20)12-13-19(18)22(16-8-4-2-5-9-16)17-10-6-3-7-11-17/h2-14H,1H3. The van der Waals surface area contributed by atoms with Crippen molar-refractivity contribution in [3.63, 3.8) is 0 Å². The Labute approximate surface area is 131 Å². The molecule has 0 saturated heterocycles. The lowest BCUT2D eigenvalue weighted by molar-refractivity contribution is 0.415. The van der Waals surface area contributed by atoms with Crippen LogP contribution in [0.1, 0.15) is 0 Å². The molecule has 1 nitrogen and oxygen atoms in total. The molecule has 0 spiro atoms. The van der Waals surface area contributed by atoms with Gasteiger partial charge in [0.1, 0.15) is 11.6 Å². The van der Waals surface area contributed by atoms with Crippen LogP contribution in [0.3, 0.4) is 0 Å². The SMILES string of the molecule is COc1cc(F)ccc1P(c1ccccc1)c1ccccc1. The molecule has 0 amide bonds. The normalized spacial score (nSPS) is 10.7. The van der Waals surface area contributed by atoms with Crippen LogP contribution in [0, 0.1) is 5.82 Å². The van der Waals surface area contributed by atoms with E-state index in [1.165, 1.54) is 22.7 Å². The molecule has 3 heteroatoms. The highest BCUT2D eigenvalue weighted by Crippen LogP contribution is 2.36. The van der Waals surface area contributed by atoms with Crippen molar-refractivity contribution >= 4 is 23.8 Å². The molecule has 0 radical (unpaired) electrons. The lowest BCUT2D eigenvalue weighted by atomic mass is 10.3. The molecular weight excluding hydrogens is 294 g/mol. The number of hydrogen-bond donors (Lipinski definition) is 0. The molecule has 0 aliphatic heterocycles. The van der Waals surface area contributed by atoms with Crippen molar-refractivity contribution in [3.05, 3.63) is 84.7 Å². The third-order valence-electron chi connectivity index (χ3n) is 3.41. The first kappa shape index (κ1) is 14.7. The Hall–Kier alpha value is -2.18. The molecule has 0 fully saturated rings. The van der Waals surface area contributed by atoms with Crippen molar-refractivity contribution in [3.8, 4) is 5.75 Å². The van der Waals surface area contributed by atoms with Crippen LogP contribution in [0.5, 0.6) is 5.75 Å². The first-order valence-corrected chi connectivity index (χ1v) is 8.37. The fraction of sp³-hybridized carbons (Fsp3) is 0.0526. The van der Waals surface area contributed by atoms with Gasteiger partial charge in [0.05, 0.1) is 7.11 Å². The molecule has 0 saturated carbocycles. The summed E-state index contributed by atoms with van der Waals surface area (Å²) < 4.78 is 19.0. The summed E-state index contributed by atoms with van der Waals surface area (Å²) in [5, 5.41) is 3.46. The third-order valence-corrected chi connectivity index (χ3v) is 5.89. The Morgan fingerprint density at radius 3 is 1.82 bits per heavy atom. The van der Waals surface area contributed by atoms with Crippen LogP contribution in [-0.2, 0) is 0 Å². The largest absolute Gasteiger partial charge is 0.496 e. The van der Waals surface area contributed by atoms with Gasteiger partial charge < -0.3 is 4.74 Å². The lowest BCUT2D eigenvalue weighted by Gasteiger charge is -2.21. The second-order valence-corrected chi connectivity index (χ2v) is 7.01. The second-order valence-electron chi connectivity index (χ2n) is 4.82. The molecule has 22 heavy (non-hydrogen) atoms. The summed E-state index contributed by atoms with van der Waals surface area (Å²) in [6.07, 6.45) is 0. The average Bonchev–Trinajstić information content (AvgIpc) is 2.58. The maximum Gasteiger partial charge on any atom is 0.130 e. The van der Waals surface area contributed by atoms with E-state index >= 15 is 0 Å².